The number of fused-ring (bicyclic) bond motifs is 3. The van der Waals surface area contributed by atoms with E-state index in [9.17, 15) is 34.2 Å². The summed E-state index contributed by atoms with van der Waals surface area (Å²) in [6, 6.07) is 20.3. The van der Waals surface area contributed by atoms with Crippen molar-refractivity contribution in [1.29, 1.82) is 0 Å². The first kappa shape index (κ1) is 45.9. The molecule has 14 nitrogen and oxygen atoms in total. The number of phenolic OH excluding ortho intramolecular Hbond substituents is 1. The second-order valence-corrected chi connectivity index (χ2v) is 16.4. The first-order valence-electron chi connectivity index (χ1n) is 21.6. The van der Waals surface area contributed by atoms with E-state index >= 15 is 0 Å². The molecule has 2 atom stereocenters. The van der Waals surface area contributed by atoms with E-state index in [0.717, 1.165) is 17.0 Å². The predicted octanol–water partition coefficient (Wildman–Crippen LogP) is 8.03. The molecule has 0 saturated heterocycles. The second-order valence-electron chi connectivity index (χ2n) is 16.0. The van der Waals surface area contributed by atoms with Gasteiger partial charge in [-0.25, -0.2) is 4.79 Å². The Balaban J connectivity index is 0.805. The van der Waals surface area contributed by atoms with Crippen LogP contribution in [-0.4, -0.2) is 78.3 Å². The number of hydrogen-bond donors (Lipinski definition) is 5. The highest BCUT2D eigenvalue weighted by atomic mass is 35.5. The Morgan fingerprint density at radius 3 is 2.31 bits per heavy atom. The van der Waals surface area contributed by atoms with Gasteiger partial charge in [0.05, 0.1) is 25.1 Å². The molecule has 338 valence electrons. The number of halogens is 1. The topological polar surface area (TPSA) is 197 Å². The number of ether oxygens (including phenoxy) is 2. The summed E-state index contributed by atoms with van der Waals surface area (Å²) in [5.74, 6) is -0.229. The van der Waals surface area contributed by atoms with Gasteiger partial charge in [0.2, 0.25) is 11.8 Å². The molecule has 2 aliphatic carbocycles. The molecule has 2 heterocycles. The van der Waals surface area contributed by atoms with Gasteiger partial charge in [0.15, 0.2) is 12.2 Å². The monoisotopic (exact) mass is 902 g/mol. The van der Waals surface area contributed by atoms with E-state index in [1.807, 2.05) is 25.1 Å². The summed E-state index contributed by atoms with van der Waals surface area (Å²) in [6.45, 7) is 3.64. The third-order valence-electron chi connectivity index (χ3n) is 11.7. The zero-order valence-corrected chi connectivity index (χ0v) is 36.9. The number of unbranched alkanes of at least 4 members (excludes halogenated alkanes) is 3. The number of carbonyl (C=O) groups is 4. The highest BCUT2D eigenvalue weighted by molar-refractivity contribution is 6.30. The lowest BCUT2D eigenvalue weighted by Crippen LogP contribution is -2.35. The number of amides is 3. The first-order chi connectivity index (χ1) is 31.4. The highest BCUT2D eigenvalue weighted by Crippen LogP contribution is 2.43. The van der Waals surface area contributed by atoms with Crippen molar-refractivity contribution in [3.63, 3.8) is 0 Å². The minimum absolute atomic E-state index is 0.00170. The normalized spacial score (nSPS) is 15.4. The number of carbonyl (C=O) groups excluding carboxylic acids is 3. The van der Waals surface area contributed by atoms with E-state index in [4.69, 9.17) is 25.5 Å². The molecular weight excluding hydrogens is 852 g/mol. The number of phenols is 1. The number of rotatable bonds is 20. The van der Waals surface area contributed by atoms with E-state index in [1.165, 1.54) is 30.3 Å². The number of allylic oxidation sites excluding steroid dienone is 2. The maximum atomic E-state index is 13.1. The van der Waals surface area contributed by atoms with Crippen molar-refractivity contribution in [3.8, 4) is 33.9 Å². The third-order valence-corrected chi connectivity index (χ3v) is 11.9. The van der Waals surface area contributed by atoms with Crippen molar-refractivity contribution in [1.82, 2.24) is 20.9 Å². The summed E-state index contributed by atoms with van der Waals surface area (Å²) in [5, 5.41) is 30.3. The lowest BCUT2D eigenvalue weighted by Gasteiger charge is -2.30. The molecule has 3 amide bonds. The van der Waals surface area contributed by atoms with E-state index in [1.54, 1.807) is 43.5 Å². The number of aromatic carboxylic acids is 1. The van der Waals surface area contributed by atoms with Gasteiger partial charge in [0.1, 0.15) is 28.6 Å². The molecule has 15 heteroatoms. The molecule has 4 aliphatic rings. The van der Waals surface area contributed by atoms with Crippen LogP contribution in [-0.2, 0) is 14.3 Å². The molecule has 3 aromatic carbocycles. The molecule has 65 heavy (non-hydrogen) atoms. The Bertz CT molecular complexity index is 2710. The van der Waals surface area contributed by atoms with Gasteiger partial charge in [0.25, 0.3) is 5.91 Å². The molecule has 2 unspecified atom stereocenters. The number of carboxylic acids is 1. The van der Waals surface area contributed by atoms with Crippen molar-refractivity contribution in [2.75, 3.05) is 33.5 Å². The van der Waals surface area contributed by atoms with Crippen LogP contribution in [0.5, 0.6) is 11.5 Å². The predicted molar refractivity (Wildman–Crippen MR) is 247 cm³/mol. The van der Waals surface area contributed by atoms with Crippen LogP contribution in [0.4, 0.5) is 0 Å². The number of methoxy groups -OCH3 is 1. The molecule has 0 fully saturated rings. The average Bonchev–Trinajstić information content (AvgIpc) is 3.55. The Kier molecular flexibility index (Phi) is 14.9. The number of nitrogens with zero attached hydrogens (tertiary/aromatic N) is 1. The van der Waals surface area contributed by atoms with E-state index < -0.39 is 11.9 Å². The van der Waals surface area contributed by atoms with Gasteiger partial charge in [-0.3, -0.25) is 19.2 Å². The number of carboxylic acid groups (broad SMARTS) is 1. The van der Waals surface area contributed by atoms with E-state index in [2.05, 4.69) is 33.0 Å². The van der Waals surface area contributed by atoms with Crippen molar-refractivity contribution >= 4 is 46.3 Å². The molecule has 0 bridgehead atoms. The molecule has 7 rings (SSSR count). The van der Waals surface area contributed by atoms with Crippen molar-refractivity contribution in [2.45, 2.75) is 57.9 Å². The lowest BCUT2D eigenvalue weighted by atomic mass is 9.88. The Morgan fingerprint density at radius 2 is 1.55 bits per heavy atom. The van der Waals surface area contributed by atoms with Crippen LogP contribution >= 0.6 is 11.6 Å². The van der Waals surface area contributed by atoms with Crippen LogP contribution in [0.15, 0.2) is 123 Å². The van der Waals surface area contributed by atoms with Crippen LogP contribution in [0.2, 0.25) is 5.02 Å². The van der Waals surface area contributed by atoms with Gasteiger partial charge in [-0.05, 0) is 117 Å². The highest BCUT2D eigenvalue weighted by Gasteiger charge is 2.39. The number of hydrogen-bond acceptors (Lipinski definition) is 10. The quantitative estimate of drug-likeness (QED) is 0.0375. The minimum Gasteiger partial charge on any atom is -0.508 e. The fraction of sp³-hybridized carbons (Fsp3) is 0.300. The maximum Gasteiger partial charge on any atom is 0.336 e. The Morgan fingerprint density at radius 1 is 0.831 bits per heavy atom. The minimum atomic E-state index is -1.25. The summed E-state index contributed by atoms with van der Waals surface area (Å²) in [7, 11) is 1.63. The van der Waals surface area contributed by atoms with Crippen LogP contribution in [0.1, 0.15) is 72.6 Å². The van der Waals surface area contributed by atoms with Crippen molar-refractivity contribution < 1.29 is 43.3 Å². The summed E-state index contributed by atoms with van der Waals surface area (Å²) in [4.78, 5) is 65.5. The average molecular weight is 903 g/mol. The molecule has 0 aromatic heterocycles. The van der Waals surface area contributed by atoms with Gasteiger partial charge < -0.3 is 45.0 Å². The maximum absolute atomic E-state index is 13.1. The SMILES string of the molecule is COC1=CC2C(CC(=O)NCCCCNC(=O)CCCCCNC(=O)c3ccc(-c4c5ccc(=O)cc-5oc5cc(O)ccc45)c(C(=O)O)c3)=C(C)N(COc3ccc(Cl)cc3)C2C=C1. The summed E-state index contributed by atoms with van der Waals surface area (Å²) in [5.41, 5.74) is 3.33. The molecule has 5 N–H and O–H groups in total. The zero-order valence-electron chi connectivity index (χ0n) is 36.2. The van der Waals surface area contributed by atoms with Crippen LogP contribution in [0, 0.1) is 5.92 Å². The Hall–Kier alpha value is -7.06. The van der Waals surface area contributed by atoms with Gasteiger partial charge in [-0.15, -0.1) is 0 Å². The third kappa shape index (κ3) is 11.2. The smallest absolute Gasteiger partial charge is 0.336 e. The van der Waals surface area contributed by atoms with Gasteiger partial charge in [0, 0.05) is 76.9 Å². The summed E-state index contributed by atoms with van der Waals surface area (Å²) >= 11 is 6.03. The summed E-state index contributed by atoms with van der Waals surface area (Å²) in [6.07, 6.45) is 10.0. The van der Waals surface area contributed by atoms with Crippen LogP contribution in [0.3, 0.4) is 0 Å². The second kappa shape index (κ2) is 21.1. The molecule has 2 aliphatic heterocycles. The van der Waals surface area contributed by atoms with Gasteiger partial charge in [-0.1, -0.05) is 30.2 Å². The largest absolute Gasteiger partial charge is 0.508 e. The van der Waals surface area contributed by atoms with Crippen LogP contribution < -0.4 is 26.1 Å². The molecule has 0 spiro atoms. The molecular formula is C50H51ClN4O10. The number of nitrogens with one attached hydrogen (secondary N) is 3. The molecule has 3 aromatic rings. The van der Waals surface area contributed by atoms with Crippen molar-refractivity contribution in [3.05, 3.63) is 140 Å². The fourth-order valence-corrected chi connectivity index (χ4v) is 8.41. The Labute approximate surface area is 380 Å². The van der Waals surface area contributed by atoms with Gasteiger partial charge in [-0.2, -0.15) is 0 Å². The number of aromatic hydroxyl groups is 1. The molecule has 0 saturated carbocycles. The standard InChI is InChI=1S/C50H51ClN4O10/c1-30-40(41-27-36(63-2)16-20-43(41)55(30)29-64-35-14-10-32(51)11-15-35)28-47(59)53-22-7-6-21-52-46(58)8-4-3-5-23-54-49(60)31-9-17-37(42(24-31)50(61)62)48-38-18-12-33(56)25-44(38)65-45-26-34(57)13-19-39(45)48/h9-20,24-27,41,43,56H,3-8,21-23,28-29H2,1-2H3,(H,52,58)(H,53,59)(H,54,60)(H,61,62). The summed E-state index contributed by atoms with van der Waals surface area (Å²) < 4.78 is 17.5. The lowest BCUT2D eigenvalue weighted by molar-refractivity contribution is -0.122. The van der Waals surface area contributed by atoms with Crippen LogP contribution in [0.25, 0.3) is 33.4 Å². The fourth-order valence-electron chi connectivity index (χ4n) is 8.29. The zero-order chi connectivity index (χ0) is 46.0. The van der Waals surface area contributed by atoms with Gasteiger partial charge >= 0.3 is 5.97 Å². The number of benzene rings is 4. The molecule has 0 radical (unpaired) electrons. The first-order valence-corrected chi connectivity index (χ1v) is 22.0. The van der Waals surface area contributed by atoms with E-state index in [-0.39, 0.29) is 63.8 Å². The van der Waals surface area contributed by atoms with E-state index in [0.29, 0.717) is 97.7 Å². The van der Waals surface area contributed by atoms with Crippen molar-refractivity contribution in [2.24, 2.45) is 5.92 Å².